The number of hydrogen-bond acceptors (Lipinski definition) is 5. The molecule has 0 amide bonds. The number of ketones is 1. The Bertz CT molecular complexity index is 1340. The van der Waals surface area contributed by atoms with Crippen molar-refractivity contribution in [3.8, 4) is 5.75 Å². The fourth-order valence-electron chi connectivity index (χ4n) is 4.72. The average Bonchev–Trinajstić information content (AvgIpc) is 3.12. The van der Waals surface area contributed by atoms with Crippen LogP contribution in [0.5, 0.6) is 5.75 Å². The highest BCUT2D eigenvalue weighted by molar-refractivity contribution is 6.22. The third kappa shape index (κ3) is 3.96. The first-order valence-corrected chi connectivity index (χ1v) is 11.4. The molecule has 3 aromatic carbocycles. The van der Waals surface area contributed by atoms with E-state index >= 15 is 0 Å². The predicted molar refractivity (Wildman–Crippen MR) is 132 cm³/mol. The number of rotatable bonds is 2. The Balaban J connectivity index is 0.000000281. The number of ether oxygens (including phenoxy) is 2. The minimum atomic E-state index is 0.0423. The van der Waals surface area contributed by atoms with E-state index in [2.05, 4.69) is 16.5 Å². The van der Waals surface area contributed by atoms with E-state index < -0.39 is 0 Å². The van der Waals surface area contributed by atoms with Gasteiger partial charge in [-0.15, -0.1) is 0 Å². The van der Waals surface area contributed by atoms with E-state index in [9.17, 15) is 4.79 Å². The van der Waals surface area contributed by atoms with E-state index in [0.29, 0.717) is 17.9 Å². The van der Waals surface area contributed by atoms with Crippen LogP contribution in [0.4, 0.5) is 5.69 Å². The van der Waals surface area contributed by atoms with Crippen LogP contribution >= 0.6 is 0 Å². The van der Waals surface area contributed by atoms with Gasteiger partial charge in [0.2, 0.25) is 0 Å². The summed E-state index contributed by atoms with van der Waals surface area (Å²) < 4.78 is 13.1. The largest absolute Gasteiger partial charge is 0.490 e. The monoisotopic (exact) mass is 443 g/mol. The van der Waals surface area contributed by atoms with Crippen LogP contribution in [0.3, 0.4) is 0 Å². The lowest BCUT2D eigenvalue weighted by Crippen LogP contribution is -2.32. The van der Waals surface area contributed by atoms with Gasteiger partial charge in [-0.05, 0) is 42.9 Å². The second-order valence-corrected chi connectivity index (χ2v) is 8.64. The van der Waals surface area contributed by atoms with Gasteiger partial charge >= 0.3 is 0 Å². The Morgan fingerprint density at radius 1 is 0.939 bits per heavy atom. The molecule has 4 aromatic rings. The summed E-state index contributed by atoms with van der Waals surface area (Å²) in [6.45, 7) is 7.43. The average molecular weight is 444 g/mol. The van der Waals surface area contributed by atoms with Gasteiger partial charge in [-0.2, -0.15) is 0 Å². The second kappa shape index (κ2) is 8.89. The van der Waals surface area contributed by atoms with Crippen molar-refractivity contribution in [2.45, 2.75) is 13.5 Å². The Kier molecular flexibility index (Phi) is 5.79. The van der Waals surface area contributed by atoms with Gasteiger partial charge in [-0.25, -0.2) is 0 Å². The third-order valence-corrected chi connectivity index (χ3v) is 6.49. The van der Waals surface area contributed by atoms with Crippen molar-refractivity contribution in [1.29, 1.82) is 0 Å². The predicted octanol–water partition coefficient (Wildman–Crippen LogP) is 4.26. The maximum absolute atomic E-state index is 13.6. The summed E-state index contributed by atoms with van der Waals surface area (Å²) in [6, 6.07) is 17.4. The number of likely N-dealkylation sites (N-methyl/N-ethyl adjacent to an activating group) is 1. The molecule has 0 spiro atoms. The number of nitrogens with zero attached hydrogens (tertiary/aromatic N) is 2. The molecule has 0 bridgehead atoms. The Labute approximate surface area is 193 Å². The molecular formula is C27H29N3O3. The van der Waals surface area contributed by atoms with E-state index in [1.165, 1.54) is 0 Å². The molecule has 0 radical (unpaired) electrons. The van der Waals surface area contributed by atoms with Crippen LogP contribution in [-0.2, 0) is 11.3 Å². The Morgan fingerprint density at radius 3 is 2.48 bits per heavy atom. The number of carbonyl (C=O) groups excluding carboxylic acids is 1. The smallest absolute Gasteiger partial charge is 0.196 e. The summed E-state index contributed by atoms with van der Waals surface area (Å²) >= 11 is 0. The zero-order valence-electron chi connectivity index (χ0n) is 19.1. The van der Waals surface area contributed by atoms with Gasteiger partial charge in [0.05, 0.1) is 30.8 Å². The Morgan fingerprint density at radius 2 is 1.73 bits per heavy atom. The van der Waals surface area contributed by atoms with Crippen LogP contribution in [-0.4, -0.2) is 55.2 Å². The first-order chi connectivity index (χ1) is 16.0. The van der Waals surface area contributed by atoms with Crippen LogP contribution in [0, 0.1) is 6.92 Å². The molecule has 1 saturated heterocycles. The molecule has 2 aliphatic rings. The standard InChI is InChI=1S/C22H18N2O2.C5H11NO/c1-13-20(18-6-3-7-19-21(18)24(13)10-11-26-19)22(25)17-5-2-4-14-12-15(23)8-9-16(14)17;1-6-2-4-7-5-3-6/h2-9,12H,10-11,23H2,1H3;2-5H2,1H3. The van der Waals surface area contributed by atoms with Gasteiger partial charge in [-0.1, -0.05) is 36.4 Å². The maximum Gasteiger partial charge on any atom is 0.196 e. The number of anilines is 1. The summed E-state index contributed by atoms with van der Waals surface area (Å²) in [5.41, 5.74) is 10.1. The molecule has 2 N–H and O–H groups in total. The van der Waals surface area contributed by atoms with Crippen molar-refractivity contribution in [2.24, 2.45) is 0 Å². The molecule has 33 heavy (non-hydrogen) atoms. The minimum Gasteiger partial charge on any atom is -0.490 e. The number of hydrogen-bond donors (Lipinski definition) is 1. The van der Waals surface area contributed by atoms with Gasteiger partial charge in [0.25, 0.3) is 0 Å². The van der Waals surface area contributed by atoms with Crippen molar-refractivity contribution in [3.63, 3.8) is 0 Å². The van der Waals surface area contributed by atoms with Crippen molar-refractivity contribution >= 4 is 33.1 Å². The SMILES string of the molecule is CN1CCOCC1.Cc1c(C(=O)c2cccc3cc(N)ccc23)c2cccc3c2n1CCO3. The molecule has 170 valence electrons. The fourth-order valence-corrected chi connectivity index (χ4v) is 4.72. The number of fused-ring (bicyclic) bond motifs is 1. The van der Waals surface area contributed by atoms with Gasteiger partial charge < -0.3 is 24.7 Å². The summed E-state index contributed by atoms with van der Waals surface area (Å²) in [7, 11) is 2.11. The van der Waals surface area contributed by atoms with E-state index in [1.54, 1.807) is 0 Å². The molecule has 1 aromatic heterocycles. The highest BCUT2D eigenvalue weighted by atomic mass is 16.5. The summed E-state index contributed by atoms with van der Waals surface area (Å²) in [5, 5.41) is 2.86. The van der Waals surface area contributed by atoms with Gasteiger partial charge in [0, 0.05) is 35.4 Å². The van der Waals surface area contributed by atoms with E-state index in [0.717, 1.165) is 71.5 Å². The highest BCUT2D eigenvalue weighted by Crippen LogP contribution is 2.37. The topological polar surface area (TPSA) is 69.7 Å². The number of benzene rings is 3. The molecule has 0 aliphatic carbocycles. The molecule has 0 atom stereocenters. The van der Waals surface area contributed by atoms with Crippen LogP contribution in [0.1, 0.15) is 21.6 Å². The van der Waals surface area contributed by atoms with Crippen molar-refractivity contribution < 1.29 is 14.3 Å². The van der Waals surface area contributed by atoms with Gasteiger partial charge in [-0.3, -0.25) is 4.79 Å². The number of nitrogens with two attached hydrogens (primary N) is 1. The lowest BCUT2D eigenvalue weighted by Gasteiger charge is -2.21. The van der Waals surface area contributed by atoms with Gasteiger partial charge in [0.1, 0.15) is 12.4 Å². The number of morpholine rings is 1. The summed E-state index contributed by atoms with van der Waals surface area (Å²) in [4.78, 5) is 15.8. The van der Waals surface area contributed by atoms with Crippen molar-refractivity contribution in [3.05, 3.63) is 71.4 Å². The quantitative estimate of drug-likeness (QED) is 0.370. The lowest BCUT2D eigenvalue weighted by molar-refractivity contribution is 0.0503. The summed E-state index contributed by atoms with van der Waals surface area (Å²) in [6.07, 6.45) is 0. The van der Waals surface area contributed by atoms with E-state index in [4.69, 9.17) is 15.2 Å². The first-order valence-electron chi connectivity index (χ1n) is 11.4. The molecule has 2 aliphatic heterocycles. The zero-order valence-corrected chi connectivity index (χ0v) is 19.1. The first kappa shape index (κ1) is 21.5. The van der Waals surface area contributed by atoms with Crippen LogP contribution in [0.15, 0.2) is 54.6 Å². The number of aromatic nitrogens is 1. The van der Waals surface area contributed by atoms with E-state index in [-0.39, 0.29) is 5.78 Å². The zero-order chi connectivity index (χ0) is 22.9. The third-order valence-electron chi connectivity index (χ3n) is 6.49. The Hall–Kier alpha value is -3.35. The molecule has 6 heteroatoms. The fraction of sp³-hybridized carbons (Fsp3) is 0.296. The van der Waals surface area contributed by atoms with Crippen molar-refractivity contribution in [1.82, 2.24) is 9.47 Å². The molecule has 0 unspecified atom stereocenters. The molecule has 3 heterocycles. The molecule has 0 saturated carbocycles. The van der Waals surface area contributed by atoms with Crippen LogP contribution < -0.4 is 10.5 Å². The highest BCUT2D eigenvalue weighted by Gasteiger charge is 2.25. The van der Waals surface area contributed by atoms with Crippen LogP contribution in [0.2, 0.25) is 0 Å². The number of nitrogen functional groups attached to an aromatic ring is 1. The number of carbonyl (C=O) groups is 1. The van der Waals surface area contributed by atoms with Gasteiger partial charge in [0.15, 0.2) is 5.78 Å². The van der Waals surface area contributed by atoms with Crippen LogP contribution in [0.25, 0.3) is 21.7 Å². The molecule has 6 rings (SSSR count). The summed E-state index contributed by atoms with van der Waals surface area (Å²) in [5.74, 6) is 0.891. The normalized spacial score (nSPS) is 15.7. The van der Waals surface area contributed by atoms with E-state index in [1.807, 2.05) is 61.5 Å². The molecular weight excluding hydrogens is 414 g/mol. The van der Waals surface area contributed by atoms with Crippen molar-refractivity contribution in [2.75, 3.05) is 45.7 Å². The molecule has 6 nitrogen and oxygen atoms in total. The number of para-hydroxylation sites is 1. The second-order valence-electron chi connectivity index (χ2n) is 8.64. The lowest BCUT2D eigenvalue weighted by atomic mass is 9.95. The maximum atomic E-state index is 13.6. The molecule has 1 fully saturated rings. The minimum absolute atomic E-state index is 0.0423.